The number of alkyl halides is 1. The van der Waals surface area contributed by atoms with Gasteiger partial charge in [0, 0.05) is 16.6 Å². The van der Waals surface area contributed by atoms with Gasteiger partial charge in [-0.25, -0.2) is 4.98 Å². The predicted octanol–water partition coefficient (Wildman–Crippen LogP) is 2.68. The van der Waals surface area contributed by atoms with Crippen LogP contribution in [0.3, 0.4) is 0 Å². The minimum Gasteiger partial charge on any atom is -0.345 e. The van der Waals surface area contributed by atoms with Crippen molar-refractivity contribution in [1.29, 1.82) is 0 Å². The highest BCUT2D eigenvalue weighted by atomic mass is 79.9. The molecule has 0 saturated heterocycles. The van der Waals surface area contributed by atoms with E-state index in [1.807, 2.05) is 32.9 Å². The lowest BCUT2D eigenvalue weighted by molar-refractivity contribution is 0.0908. The summed E-state index contributed by atoms with van der Waals surface area (Å²) in [5.41, 5.74) is 1.10. The Bertz CT molecular complexity index is 375. The van der Waals surface area contributed by atoms with Crippen LogP contribution in [-0.4, -0.2) is 21.8 Å². The molecule has 1 N–H and O–H groups in total. The maximum absolute atomic E-state index is 11.9. The summed E-state index contributed by atoms with van der Waals surface area (Å²) in [4.78, 5) is 16.1. The summed E-state index contributed by atoms with van der Waals surface area (Å²) < 4.78 is 0. The second kappa shape index (κ2) is 5.43. The topological polar surface area (TPSA) is 42.0 Å². The quantitative estimate of drug-likeness (QED) is 0.864. The number of carbonyl (C=O) groups is 1. The van der Waals surface area contributed by atoms with E-state index in [9.17, 15) is 4.79 Å². The summed E-state index contributed by atoms with van der Waals surface area (Å²) in [7, 11) is 0. The van der Waals surface area contributed by atoms with Crippen LogP contribution in [0.2, 0.25) is 0 Å². The van der Waals surface area contributed by atoms with Gasteiger partial charge in [0.05, 0.1) is 0 Å². The normalized spacial score (nSPS) is 14.2. The van der Waals surface area contributed by atoms with Crippen LogP contribution in [0.1, 0.15) is 36.5 Å². The van der Waals surface area contributed by atoms with Gasteiger partial charge in [0.25, 0.3) is 5.91 Å². The van der Waals surface area contributed by atoms with Crippen LogP contribution in [0, 0.1) is 6.92 Å². The molecule has 0 aliphatic rings. The molecule has 1 aromatic heterocycles. The lowest BCUT2D eigenvalue weighted by atomic mass is 10.0. The molecule has 0 spiro atoms. The van der Waals surface area contributed by atoms with Crippen LogP contribution in [0.5, 0.6) is 0 Å². The second-order valence-corrected chi connectivity index (χ2v) is 4.73. The van der Waals surface area contributed by atoms with Gasteiger partial charge in [0.1, 0.15) is 5.69 Å². The molecular weight excluding hydrogens is 268 g/mol. The van der Waals surface area contributed by atoms with E-state index in [1.165, 1.54) is 0 Å². The third-order valence-corrected chi connectivity index (χ3v) is 3.85. The molecule has 3 nitrogen and oxygen atoms in total. The molecule has 4 heteroatoms. The predicted molar refractivity (Wildman–Crippen MR) is 68.9 cm³/mol. The Morgan fingerprint density at radius 2 is 2.25 bits per heavy atom. The number of carbonyl (C=O) groups excluding carboxylic acids is 1. The lowest BCUT2D eigenvalue weighted by Gasteiger charge is -2.27. The number of rotatable bonds is 4. The minimum atomic E-state index is -0.220. The van der Waals surface area contributed by atoms with Gasteiger partial charge in [-0.2, -0.15) is 0 Å². The first kappa shape index (κ1) is 13.2. The Hall–Kier alpha value is -0.900. The number of aryl methyl sites for hydroxylation is 1. The first-order chi connectivity index (χ1) is 7.50. The fourth-order valence-electron chi connectivity index (χ4n) is 1.22. The number of nitrogens with one attached hydrogen (secondary N) is 1. The van der Waals surface area contributed by atoms with Crippen molar-refractivity contribution in [3.05, 3.63) is 29.6 Å². The van der Waals surface area contributed by atoms with Gasteiger partial charge in [-0.1, -0.05) is 28.9 Å². The molecule has 1 unspecified atom stereocenters. The van der Waals surface area contributed by atoms with Crippen LogP contribution in [0.15, 0.2) is 18.2 Å². The van der Waals surface area contributed by atoms with Gasteiger partial charge >= 0.3 is 0 Å². The van der Waals surface area contributed by atoms with Crippen molar-refractivity contribution in [2.75, 3.05) is 5.33 Å². The number of hydrogen-bond donors (Lipinski definition) is 1. The Morgan fingerprint density at radius 3 is 2.75 bits per heavy atom. The van der Waals surface area contributed by atoms with Gasteiger partial charge in [0.15, 0.2) is 0 Å². The molecule has 1 aromatic rings. The largest absolute Gasteiger partial charge is 0.345 e. The first-order valence-corrected chi connectivity index (χ1v) is 6.45. The molecule has 1 atom stereocenters. The number of pyridine rings is 1. The maximum atomic E-state index is 11.9. The molecule has 16 heavy (non-hydrogen) atoms. The molecule has 1 rings (SSSR count). The van der Waals surface area contributed by atoms with E-state index in [-0.39, 0.29) is 11.4 Å². The Balaban J connectivity index is 2.80. The zero-order valence-electron chi connectivity index (χ0n) is 9.88. The lowest BCUT2D eigenvalue weighted by Crippen LogP contribution is -2.47. The third kappa shape index (κ3) is 3.30. The Kier molecular flexibility index (Phi) is 4.47. The second-order valence-electron chi connectivity index (χ2n) is 4.17. The van der Waals surface area contributed by atoms with Gasteiger partial charge in [-0.05, 0) is 32.4 Å². The summed E-state index contributed by atoms with van der Waals surface area (Å²) >= 11 is 3.41. The Morgan fingerprint density at radius 1 is 1.56 bits per heavy atom. The summed E-state index contributed by atoms with van der Waals surface area (Å²) in [5.74, 6) is -0.118. The average molecular weight is 285 g/mol. The zero-order chi connectivity index (χ0) is 12.2. The van der Waals surface area contributed by atoms with Gasteiger partial charge in [-0.3, -0.25) is 4.79 Å². The van der Waals surface area contributed by atoms with Crippen molar-refractivity contribution in [2.24, 2.45) is 0 Å². The molecule has 0 bridgehead atoms. The maximum Gasteiger partial charge on any atom is 0.270 e. The van der Waals surface area contributed by atoms with Crippen LogP contribution < -0.4 is 5.32 Å². The van der Waals surface area contributed by atoms with Crippen molar-refractivity contribution in [2.45, 2.75) is 32.7 Å². The molecule has 0 aromatic carbocycles. The van der Waals surface area contributed by atoms with Crippen molar-refractivity contribution < 1.29 is 4.79 Å². The SMILES string of the molecule is CCC(C)(CBr)NC(=O)c1cccc(C)n1. The molecule has 0 fully saturated rings. The molecule has 0 aliphatic heterocycles. The van der Waals surface area contributed by atoms with Gasteiger partial charge in [0.2, 0.25) is 0 Å². The van der Waals surface area contributed by atoms with Crippen LogP contribution in [0.25, 0.3) is 0 Å². The van der Waals surface area contributed by atoms with Gasteiger partial charge in [-0.15, -0.1) is 0 Å². The van der Waals surface area contributed by atoms with E-state index in [0.717, 1.165) is 17.4 Å². The number of amides is 1. The summed E-state index contributed by atoms with van der Waals surface area (Å²) in [6, 6.07) is 5.45. The number of aromatic nitrogens is 1. The smallest absolute Gasteiger partial charge is 0.270 e. The van der Waals surface area contributed by atoms with E-state index in [1.54, 1.807) is 6.07 Å². The molecule has 1 heterocycles. The Labute approximate surface area is 105 Å². The molecule has 0 radical (unpaired) electrons. The fourth-order valence-corrected chi connectivity index (χ4v) is 1.76. The zero-order valence-corrected chi connectivity index (χ0v) is 11.5. The van der Waals surface area contributed by atoms with Crippen molar-refractivity contribution in [1.82, 2.24) is 10.3 Å². The third-order valence-electron chi connectivity index (χ3n) is 2.61. The number of hydrogen-bond acceptors (Lipinski definition) is 2. The standard InChI is InChI=1S/C12H17BrN2O/c1-4-12(3,8-13)15-11(16)10-7-5-6-9(2)14-10/h5-7H,4,8H2,1-3H3,(H,15,16). The van der Waals surface area contributed by atoms with E-state index >= 15 is 0 Å². The fraction of sp³-hybridized carbons (Fsp3) is 0.500. The molecule has 0 saturated carbocycles. The van der Waals surface area contributed by atoms with Crippen LogP contribution in [-0.2, 0) is 0 Å². The minimum absolute atomic E-state index is 0.118. The molecule has 1 amide bonds. The summed E-state index contributed by atoms with van der Waals surface area (Å²) in [6.07, 6.45) is 0.871. The molecule has 0 aliphatic carbocycles. The monoisotopic (exact) mass is 284 g/mol. The first-order valence-electron chi connectivity index (χ1n) is 5.33. The van der Waals surface area contributed by atoms with E-state index < -0.39 is 0 Å². The van der Waals surface area contributed by atoms with E-state index in [0.29, 0.717) is 5.69 Å². The number of nitrogens with zero attached hydrogens (tertiary/aromatic N) is 1. The van der Waals surface area contributed by atoms with Crippen LogP contribution >= 0.6 is 15.9 Å². The van der Waals surface area contributed by atoms with Crippen LogP contribution in [0.4, 0.5) is 0 Å². The number of halogens is 1. The van der Waals surface area contributed by atoms with Crippen molar-refractivity contribution >= 4 is 21.8 Å². The average Bonchev–Trinajstić information content (AvgIpc) is 2.29. The highest BCUT2D eigenvalue weighted by molar-refractivity contribution is 9.09. The van der Waals surface area contributed by atoms with Crippen molar-refractivity contribution in [3.63, 3.8) is 0 Å². The molecule has 88 valence electrons. The van der Waals surface area contributed by atoms with Gasteiger partial charge < -0.3 is 5.32 Å². The highest BCUT2D eigenvalue weighted by Gasteiger charge is 2.23. The highest BCUT2D eigenvalue weighted by Crippen LogP contribution is 2.13. The summed E-state index contributed by atoms with van der Waals surface area (Å²) in [6.45, 7) is 5.93. The van der Waals surface area contributed by atoms with Crippen molar-refractivity contribution in [3.8, 4) is 0 Å². The molecular formula is C12H17BrN2O. The van der Waals surface area contributed by atoms with E-state index in [4.69, 9.17) is 0 Å². The summed E-state index contributed by atoms with van der Waals surface area (Å²) in [5, 5.41) is 3.72. The van der Waals surface area contributed by atoms with E-state index in [2.05, 4.69) is 26.2 Å².